The summed E-state index contributed by atoms with van der Waals surface area (Å²) >= 11 is 1.31. The van der Waals surface area contributed by atoms with E-state index >= 15 is 0 Å². The number of β-lactam (4-membered cyclic amide) rings is 1. The van der Waals surface area contributed by atoms with Crippen LogP contribution in [0.4, 0.5) is 4.79 Å². The third-order valence-corrected chi connectivity index (χ3v) is 3.76. The summed E-state index contributed by atoms with van der Waals surface area (Å²) in [6.07, 6.45) is -0.674. The first-order valence-corrected chi connectivity index (χ1v) is 7.13. The van der Waals surface area contributed by atoms with Gasteiger partial charge in [0.1, 0.15) is 17.3 Å². The van der Waals surface area contributed by atoms with Crippen molar-refractivity contribution in [2.24, 2.45) is 0 Å². The highest BCUT2D eigenvalue weighted by molar-refractivity contribution is 8.02. The van der Waals surface area contributed by atoms with E-state index in [1.165, 1.54) is 22.1 Å². The predicted octanol–water partition coefficient (Wildman–Crippen LogP) is 0.763. The molecule has 20 heavy (non-hydrogen) atoms. The Morgan fingerprint density at radius 3 is 2.70 bits per heavy atom. The molecule has 2 atom stereocenters. The Bertz CT molecular complexity index is 497. The molecule has 110 valence electrons. The fourth-order valence-electron chi connectivity index (χ4n) is 2.04. The van der Waals surface area contributed by atoms with Crippen molar-refractivity contribution >= 4 is 29.7 Å². The number of carboxylic acids is 1. The van der Waals surface area contributed by atoms with Crippen LogP contribution in [-0.2, 0) is 14.3 Å². The molecular formula is C12H16N2O5S. The number of carbonyl (C=O) groups excluding carboxylic acids is 2. The monoisotopic (exact) mass is 300 g/mol. The summed E-state index contributed by atoms with van der Waals surface area (Å²) in [6, 6.07) is -1.06. The van der Waals surface area contributed by atoms with Crippen molar-refractivity contribution in [2.45, 2.75) is 38.5 Å². The Balaban J connectivity index is 2.01. The molecule has 2 aliphatic rings. The van der Waals surface area contributed by atoms with E-state index in [1.807, 2.05) is 0 Å². The third kappa shape index (κ3) is 2.74. The topological polar surface area (TPSA) is 95.9 Å². The van der Waals surface area contributed by atoms with Crippen LogP contribution < -0.4 is 5.32 Å². The molecule has 2 N–H and O–H groups in total. The second-order valence-corrected chi connectivity index (χ2v) is 6.44. The fraction of sp³-hybridized carbons (Fsp3) is 0.583. The van der Waals surface area contributed by atoms with Crippen LogP contribution in [0, 0.1) is 0 Å². The number of rotatable bonds is 2. The molecule has 0 aromatic heterocycles. The molecule has 2 rings (SSSR count). The van der Waals surface area contributed by atoms with Gasteiger partial charge in [0.15, 0.2) is 0 Å². The van der Waals surface area contributed by atoms with Crippen molar-refractivity contribution in [3.8, 4) is 0 Å². The van der Waals surface area contributed by atoms with E-state index < -0.39 is 29.6 Å². The van der Waals surface area contributed by atoms with E-state index in [-0.39, 0.29) is 11.7 Å². The number of carbonyl (C=O) groups is 3. The SMILES string of the molecule is CC(C)(C)OC(=O)N[C@H]1C(=O)N2C(C(=O)O)=CSC[C@@H]12. The summed E-state index contributed by atoms with van der Waals surface area (Å²) in [5.74, 6) is -1.02. The van der Waals surface area contributed by atoms with Gasteiger partial charge < -0.3 is 15.2 Å². The van der Waals surface area contributed by atoms with Gasteiger partial charge in [0, 0.05) is 11.2 Å². The van der Waals surface area contributed by atoms with E-state index in [0.717, 1.165) is 0 Å². The zero-order chi connectivity index (χ0) is 15.1. The lowest BCUT2D eigenvalue weighted by Gasteiger charge is -2.48. The zero-order valence-electron chi connectivity index (χ0n) is 11.4. The molecule has 0 unspecified atom stereocenters. The molecule has 0 saturated carbocycles. The molecule has 2 amide bonds. The molecule has 1 fully saturated rings. The summed E-state index contributed by atoms with van der Waals surface area (Å²) in [6.45, 7) is 5.18. The van der Waals surface area contributed by atoms with Gasteiger partial charge in [0.05, 0.1) is 6.04 Å². The van der Waals surface area contributed by atoms with Crippen molar-refractivity contribution in [1.82, 2.24) is 10.2 Å². The standard InChI is InChI=1S/C12H16N2O5S/c1-12(2,3)19-11(18)13-8-6-4-20-5-7(10(16)17)14(6)9(8)15/h5-6,8H,4H2,1-3H3,(H,13,18)(H,16,17)/t6-,8+/m0/s1. The van der Waals surface area contributed by atoms with Crippen LogP contribution in [-0.4, -0.2) is 51.4 Å². The molecule has 7 nitrogen and oxygen atoms in total. The maximum atomic E-state index is 12.0. The first-order valence-electron chi connectivity index (χ1n) is 6.08. The number of aliphatic carboxylic acids is 1. The average Bonchev–Trinajstić information content (AvgIpc) is 2.32. The van der Waals surface area contributed by atoms with Gasteiger partial charge in [-0.2, -0.15) is 0 Å². The number of thioether (sulfide) groups is 1. The molecule has 0 aliphatic carbocycles. The number of alkyl carbamates (subject to hydrolysis) is 1. The summed E-state index contributed by atoms with van der Waals surface area (Å²) in [7, 11) is 0. The molecule has 0 aromatic carbocycles. The van der Waals surface area contributed by atoms with E-state index in [1.54, 1.807) is 20.8 Å². The Morgan fingerprint density at radius 2 is 2.15 bits per heavy atom. The predicted molar refractivity (Wildman–Crippen MR) is 72.0 cm³/mol. The van der Waals surface area contributed by atoms with Crippen LogP contribution in [0.5, 0.6) is 0 Å². The quantitative estimate of drug-likeness (QED) is 0.731. The van der Waals surface area contributed by atoms with E-state index in [0.29, 0.717) is 5.75 Å². The number of ether oxygens (including phenoxy) is 1. The average molecular weight is 300 g/mol. The molecule has 2 heterocycles. The minimum absolute atomic E-state index is 0.0431. The van der Waals surface area contributed by atoms with Crippen LogP contribution >= 0.6 is 11.8 Å². The van der Waals surface area contributed by atoms with Crippen molar-refractivity contribution in [3.05, 3.63) is 11.1 Å². The highest BCUT2D eigenvalue weighted by atomic mass is 32.2. The van der Waals surface area contributed by atoms with Crippen LogP contribution in [0.3, 0.4) is 0 Å². The van der Waals surface area contributed by atoms with Gasteiger partial charge in [-0.1, -0.05) is 0 Å². The molecule has 0 radical (unpaired) electrons. The molecule has 0 bridgehead atoms. The lowest BCUT2D eigenvalue weighted by molar-refractivity contribution is -0.151. The van der Waals surface area contributed by atoms with Gasteiger partial charge in [-0.15, -0.1) is 11.8 Å². The van der Waals surface area contributed by atoms with Crippen LogP contribution in [0.1, 0.15) is 20.8 Å². The summed E-state index contributed by atoms with van der Waals surface area (Å²) in [5.41, 5.74) is -0.692. The normalized spacial score (nSPS) is 25.2. The number of nitrogens with zero attached hydrogens (tertiary/aromatic N) is 1. The van der Waals surface area contributed by atoms with Gasteiger partial charge >= 0.3 is 12.1 Å². The Hall–Kier alpha value is -1.70. The third-order valence-electron chi connectivity index (χ3n) is 2.83. The largest absolute Gasteiger partial charge is 0.477 e. The lowest BCUT2D eigenvalue weighted by Crippen LogP contribution is -2.72. The number of hydrogen-bond donors (Lipinski definition) is 2. The second kappa shape index (κ2) is 5.01. The number of carboxylic acid groups (broad SMARTS) is 1. The Labute approximate surface area is 120 Å². The van der Waals surface area contributed by atoms with Gasteiger partial charge in [0.2, 0.25) is 0 Å². The Morgan fingerprint density at radius 1 is 1.50 bits per heavy atom. The van der Waals surface area contributed by atoms with E-state index in [9.17, 15) is 14.4 Å². The number of amides is 2. The number of fused-ring (bicyclic) bond motifs is 1. The number of nitrogens with one attached hydrogen (secondary N) is 1. The molecule has 8 heteroatoms. The summed E-state index contributed by atoms with van der Waals surface area (Å²) in [5, 5.41) is 13.0. The van der Waals surface area contributed by atoms with Gasteiger partial charge in [0.25, 0.3) is 5.91 Å². The van der Waals surface area contributed by atoms with Gasteiger partial charge in [-0.3, -0.25) is 9.69 Å². The fourth-order valence-corrected chi connectivity index (χ4v) is 3.05. The lowest BCUT2D eigenvalue weighted by atomic mass is 9.95. The maximum absolute atomic E-state index is 12.0. The second-order valence-electron chi connectivity index (χ2n) is 5.54. The molecule has 1 saturated heterocycles. The molecule has 2 aliphatic heterocycles. The van der Waals surface area contributed by atoms with Gasteiger partial charge in [-0.25, -0.2) is 9.59 Å². The highest BCUT2D eigenvalue weighted by Gasteiger charge is 2.52. The van der Waals surface area contributed by atoms with Crippen molar-refractivity contribution in [1.29, 1.82) is 0 Å². The van der Waals surface area contributed by atoms with E-state index in [2.05, 4.69) is 5.32 Å². The van der Waals surface area contributed by atoms with Gasteiger partial charge in [-0.05, 0) is 20.8 Å². The molecular weight excluding hydrogens is 284 g/mol. The minimum Gasteiger partial charge on any atom is -0.477 e. The molecule has 0 aromatic rings. The Kier molecular flexibility index (Phi) is 3.68. The van der Waals surface area contributed by atoms with Crippen LogP contribution in [0.2, 0.25) is 0 Å². The van der Waals surface area contributed by atoms with Crippen LogP contribution in [0.15, 0.2) is 11.1 Å². The van der Waals surface area contributed by atoms with E-state index in [4.69, 9.17) is 9.84 Å². The zero-order valence-corrected chi connectivity index (χ0v) is 12.2. The maximum Gasteiger partial charge on any atom is 0.408 e. The summed E-state index contributed by atoms with van der Waals surface area (Å²) in [4.78, 5) is 35.8. The highest BCUT2D eigenvalue weighted by Crippen LogP contribution is 2.34. The van der Waals surface area contributed by atoms with Crippen molar-refractivity contribution in [2.75, 3.05) is 5.75 Å². The van der Waals surface area contributed by atoms with Crippen molar-refractivity contribution < 1.29 is 24.2 Å². The van der Waals surface area contributed by atoms with Crippen LogP contribution in [0.25, 0.3) is 0 Å². The van der Waals surface area contributed by atoms with Crippen molar-refractivity contribution in [3.63, 3.8) is 0 Å². The number of hydrogen-bond acceptors (Lipinski definition) is 5. The first kappa shape index (κ1) is 14.7. The minimum atomic E-state index is -1.15. The molecule has 0 spiro atoms. The first-order chi connectivity index (χ1) is 9.20. The summed E-state index contributed by atoms with van der Waals surface area (Å²) < 4.78 is 5.09. The smallest absolute Gasteiger partial charge is 0.408 e.